The van der Waals surface area contributed by atoms with Crippen LogP contribution in [-0.2, 0) is 4.74 Å². The summed E-state index contributed by atoms with van der Waals surface area (Å²) >= 11 is 5.91. The Labute approximate surface area is 106 Å². The van der Waals surface area contributed by atoms with Crippen LogP contribution in [0.2, 0.25) is 5.15 Å². The highest BCUT2D eigenvalue weighted by atomic mass is 35.5. The molecule has 1 aromatic heterocycles. The average Bonchev–Trinajstić information content (AvgIpc) is 2.78. The normalized spacial score (nSPS) is 19.6. The topological polar surface area (TPSA) is 42.4 Å². The van der Waals surface area contributed by atoms with E-state index in [1.54, 1.807) is 25.4 Å². The molecule has 0 aromatic carbocycles. The number of amides is 1. The molecule has 1 unspecified atom stereocenters. The van der Waals surface area contributed by atoms with E-state index in [-0.39, 0.29) is 11.1 Å². The molecule has 0 radical (unpaired) electrons. The zero-order chi connectivity index (χ0) is 12.3. The number of aromatic nitrogens is 1. The molecule has 17 heavy (non-hydrogen) atoms. The van der Waals surface area contributed by atoms with Gasteiger partial charge in [-0.25, -0.2) is 4.98 Å². The number of carbonyl (C=O) groups excluding carboxylic acids is 1. The Morgan fingerprint density at radius 2 is 2.53 bits per heavy atom. The quantitative estimate of drug-likeness (QED) is 0.773. The fourth-order valence-electron chi connectivity index (χ4n) is 2.10. The summed E-state index contributed by atoms with van der Waals surface area (Å²) in [7, 11) is 1.68. The van der Waals surface area contributed by atoms with E-state index in [1.807, 2.05) is 4.90 Å². The summed E-state index contributed by atoms with van der Waals surface area (Å²) in [6.45, 7) is 2.19. The van der Waals surface area contributed by atoms with Crippen LogP contribution in [0.5, 0.6) is 0 Å². The number of halogens is 1. The molecular weight excluding hydrogens is 240 g/mol. The van der Waals surface area contributed by atoms with Crippen molar-refractivity contribution in [2.45, 2.75) is 6.42 Å². The van der Waals surface area contributed by atoms with Crippen molar-refractivity contribution in [2.24, 2.45) is 5.92 Å². The van der Waals surface area contributed by atoms with E-state index in [1.165, 1.54) is 0 Å². The Hall–Kier alpha value is -1.13. The van der Waals surface area contributed by atoms with Crippen LogP contribution < -0.4 is 0 Å². The Kier molecular flexibility index (Phi) is 3.97. The molecule has 0 spiro atoms. The second kappa shape index (κ2) is 5.47. The van der Waals surface area contributed by atoms with E-state index in [4.69, 9.17) is 16.3 Å². The van der Waals surface area contributed by atoms with Crippen LogP contribution in [0.3, 0.4) is 0 Å². The number of nitrogens with zero attached hydrogens (tertiary/aromatic N) is 2. The Balaban J connectivity index is 2.05. The molecule has 2 heterocycles. The first kappa shape index (κ1) is 12.3. The maximum Gasteiger partial charge on any atom is 0.256 e. The van der Waals surface area contributed by atoms with Crippen molar-refractivity contribution in [1.29, 1.82) is 0 Å². The summed E-state index contributed by atoms with van der Waals surface area (Å²) in [5.41, 5.74) is 0.479. The third-order valence-corrected chi connectivity index (χ3v) is 3.27. The first-order chi connectivity index (χ1) is 8.22. The summed E-state index contributed by atoms with van der Waals surface area (Å²) in [4.78, 5) is 17.9. The van der Waals surface area contributed by atoms with Crippen LogP contribution in [0.4, 0.5) is 0 Å². The second-order valence-electron chi connectivity index (χ2n) is 4.20. The van der Waals surface area contributed by atoms with E-state index in [9.17, 15) is 4.79 Å². The maximum atomic E-state index is 12.2. The van der Waals surface area contributed by atoms with Crippen LogP contribution in [0.25, 0.3) is 0 Å². The third kappa shape index (κ3) is 2.76. The Morgan fingerprint density at radius 1 is 1.71 bits per heavy atom. The van der Waals surface area contributed by atoms with Gasteiger partial charge in [-0.3, -0.25) is 4.79 Å². The summed E-state index contributed by atoms with van der Waals surface area (Å²) in [6.07, 6.45) is 2.56. The number of ether oxygens (including phenoxy) is 1. The molecular formula is C12H15ClN2O2. The molecule has 1 atom stereocenters. The Bertz CT molecular complexity index is 411. The minimum Gasteiger partial charge on any atom is -0.384 e. The van der Waals surface area contributed by atoms with Crippen molar-refractivity contribution < 1.29 is 9.53 Å². The number of likely N-dealkylation sites (tertiary alicyclic amines) is 1. The van der Waals surface area contributed by atoms with Crippen molar-refractivity contribution >= 4 is 17.5 Å². The van der Waals surface area contributed by atoms with E-state index in [0.717, 1.165) is 19.5 Å². The van der Waals surface area contributed by atoms with Gasteiger partial charge in [0.15, 0.2) is 0 Å². The van der Waals surface area contributed by atoms with Gasteiger partial charge in [0.05, 0.1) is 12.2 Å². The molecule has 5 heteroatoms. The van der Waals surface area contributed by atoms with Gasteiger partial charge in [-0.15, -0.1) is 0 Å². The van der Waals surface area contributed by atoms with Gasteiger partial charge < -0.3 is 9.64 Å². The highest BCUT2D eigenvalue weighted by molar-refractivity contribution is 6.32. The average molecular weight is 255 g/mol. The lowest BCUT2D eigenvalue weighted by Crippen LogP contribution is -2.29. The molecule has 1 aliphatic rings. The van der Waals surface area contributed by atoms with Crippen LogP contribution in [-0.4, -0.2) is 42.6 Å². The fraction of sp³-hybridized carbons (Fsp3) is 0.500. The molecule has 2 rings (SSSR count). The van der Waals surface area contributed by atoms with Crippen LogP contribution in [0.1, 0.15) is 16.8 Å². The predicted molar refractivity (Wildman–Crippen MR) is 65.1 cm³/mol. The van der Waals surface area contributed by atoms with Crippen molar-refractivity contribution in [3.63, 3.8) is 0 Å². The molecule has 92 valence electrons. The van der Waals surface area contributed by atoms with Crippen molar-refractivity contribution in [2.75, 3.05) is 26.8 Å². The molecule has 1 saturated heterocycles. The third-order valence-electron chi connectivity index (χ3n) is 2.96. The number of hydrogen-bond acceptors (Lipinski definition) is 3. The molecule has 0 saturated carbocycles. The molecule has 1 fully saturated rings. The van der Waals surface area contributed by atoms with E-state index in [0.29, 0.717) is 18.1 Å². The van der Waals surface area contributed by atoms with Gasteiger partial charge >= 0.3 is 0 Å². The van der Waals surface area contributed by atoms with Gasteiger partial charge in [-0.05, 0) is 18.6 Å². The SMILES string of the molecule is COCC1CCN(C(=O)c2cccnc2Cl)C1. The minimum atomic E-state index is -0.0401. The lowest BCUT2D eigenvalue weighted by molar-refractivity contribution is 0.0775. The van der Waals surface area contributed by atoms with Gasteiger partial charge in [0, 0.05) is 32.3 Å². The number of carbonyl (C=O) groups is 1. The smallest absolute Gasteiger partial charge is 0.256 e. The van der Waals surface area contributed by atoms with Crippen LogP contribution >= 0.6 is 11.6 Å². The standard InChI is InChI=1S/C12H15ClN2O2/c1-17-8-9-4-6-15(7-9)12(16)10-3-2-5-14-11(10)13/h2-3,5,9H,4,6-8H2,1H3. The van der Waals surface area contributed by atoms with Crippen LogP contribution in [0.15, 0.2) is 18.3 Å². The van der Waals surface area contributed by atoms with Crippen molar-refractivity contribution in [3.05, 3.63) is 29.0 Å². The largest absolute Gasteiger partial charge is 0.384 e. The van der Waals surface area contributed by atoms with Crippen LogP contribution in [0, 0.1) is 5.92 Å². The lowest BCUT2D eigenvalue weighted by atomic mass is 10.1. The summed E-state index contributed by atoms with van der Waals surface area (Å²) in [5.74, 6) is 0.390. The lowest BCUT2D eigenvalue weighted by Gasteiger charge is -2.16. The van der Waals surface area contributed by atoms with E-state index >= 15 is 0 Å². The number of methoxy groups -OCH3 is 1. The molecule has 0 bridgehead atoms. The zero-order valence-electron chi connectivity index (χ0n) is 9.73. The van der Waals surface area contributed by atoms with Crippen molar-refractivity contribution in [3.8, 4) is 0 Å². The van der Waals surface area contributed by atoms with Gasteiger partial charge in [-0.2, -0.15) is 0 Å². The predicted octanol–water partition coefficient (Wildman–Crippen LogP) is 1.84. The molecule has 1 aromatic rings. The maximum absolute atomic E-state index is 12.2. The van der Waals surface area contributed by atoms with Crippen molar-refractivity contribution in [1.82, 2.24) is 9.88 Å². The highest BCUT2D eigenvalue weighted by Crippen LogP contribution is 2.21. The summed E-state index contributed by atoms with van der Waals surface area (Å²) in [6, 6.07) is 3.43. The number of hydrogen-bond donors (Lipinski definition) is 0. The summed E-state index contributed by atoms with van der Waals surface area (Å²) in [5, 5.41) is 0.271. The van der Waals surface area contributed by atoms with E-state index < -0.39 is 0 Å². The highest BCUT2D eigenvalue weighted by Gasteiger charge is 2.27. The summed E-state index contributed by atoms with van der Waals surface area (Å²) < 4.78 is 5.11. The molecule has 1 amide bonds. The second-order valence-corrected chi connectivity index (χ2v) is 4.56. The zero-order valence-corrected chi connectivity index (χ0v) is 10.5. The van der Waals surface area contributed by atoms with Gasteiger partial charge in [0.1, 0.15) is 5.15 Å². The molecule has 1 aliphatic heterocycles. The first-order valence-electron chi connectivity index (χ1n) is 5.61. The number of pyridine rings is 1. The molecule has 4 nitrogen and oxygen atoms in total. The first-order valence-corrected chi connectivity index (χ1v) is 5.99. The van der Waals surface area contributed by atoms with Gasteiger partial charge in [0.25, 0.3) is 5.91 Å². The minimum absolute atomic E-state index is 0.0401. The molecule has 0 N–H and O–H groups in total. The monoisotopic (exact) mass is 254 g/mol. The van der Waals surface area contributed by atoms with E-state index in [2.05, 4.69) is 4.98 Å². The van der Waals surface area contributed by atoms with Gasteiger partial charge in [-0.1, -0.05) is 11.6 Å². The fourth-order valence-corrected chi connectivity index (χ4v) is 2.30. The number of rotatable bonds is 3. The van der Waals surface area contributed by atoms with Gasteiger partial charge in [0.2, 0.25) is 0 Å². The Morgan fingerprint density at radius 3 is 3.24 bits per heavy atom. The molecule has 0 aliphatic carbocycles.